The highest BCUT2D eigenvalue weighted by Gasteiger charge is 2.09. The molecule has 0 radical (unpaired) electrons. The topological polar surface area (TPSA) is 37.6 Å². The van der Waals surface area contributed by atoms with Gasteiger partial charge in [0.25, 0.3) is 0 Å². The Balaban J connectivity index is 2.42. The summed E-state index contributed by atoms with van der Waals surface area (Å²) in [5.74, 6) is -0.0655. The summed E-state index contributed by atoms with van der Waals surface area (Å²) in [4.78, 5) is 17.9. The Hall–Kier alpha value is -1.62. The molecule has 0 unspecified atom stereocenters. The second-order valence-electron chi connectivity index (χ2n) is 3.86. The van der Waals surface area contributed by atoms with E-state index in [9.17, 15) is 4.79 Å². The highest BCUT2D eigenvalue weighted by atomic mass is 79.9. The number of halogens is 1. The molecule has 0 fully saturated rings. The van der Waals surface area contributed by atoms with E-state index in [1.165, 1.54) is 6.08 Å². The molecule has 0 aliphatic heterocycles. The number of pyridine rings is 1. The van der Waals surface area contributed by atoms with Crippen molar-refractivity contribution in [3.8, 4) is 0 Å². The number of imidazole rings is 1. The Kier molecular flexibility index (Phi) is 3.28. The van der Waals surface area contributed by atoms with Gasteiger partial charge in [0.15, 0.2) is 0 Å². The number of nitrogens with zero attached hydrogens (tertiary/aromatic N) is 3. The first-order valence-electron chi connectivity index (χ1n) is 5.09. The van der Waals surface area contributed by atoms with Crippen molar-refractivity contribution in [3.63, 3.8) is 0 Å². The van der Waals surface area contributed by atoms with Crippen molar-refractivity contribution >= 4 is 27.4 Å². The van der Waals surface area contributed by atoms with E-state index in [4.69, 9.17) is 0 Å². The number of hydrogen-bond acceptors (Lipinski definition) is 3. The number of ketones is 1. The van der Waals surface area contributed by atoms with Crippen LogP contribution >= 0.6 is 15.9 Å². The molecule has 17 heavy (non-hydrogen) atoms. The molecule has 2 heterocycles. The third-order valence-corrected chi connectivity index (χ3v) is 2.72. The quantitative estimate of drug-likeness (QED) is 0.644. The smallest absolute Gasteiger partial charge is 0.205 e. The van der Waals surface area contributed by atoms with Crippen LogP contribution in [0.25, 0.3) is 5.65 Å². The fraction of sp³-hybridized carbons (Fsp3) is 0.167. The molecule has 0 N–H and O–H groups in total. The predicted octanol–water partition coefficient (Wildman–Crippen LogP) is 2.35. The molecule has 0 amide bonds. The van der Waals surface area contributed by atoms with Gasteiger partial charge in [0, 0.05) is 37.0 Å². The van der Waals surface area contributed by atoms with Crippen LogP contribution in [0.5, 0.6) is 0 Å². The third-order valence-electron chi connectivity index (χ3n) is 2.25. The molecular weight excluding hydrogens is 282 g/mol. The summed E-state index contributed by atoms with van der Waals surface area (Å²) < 4.78 is 2.68. The summed E-state index contributed by atoms with van der Waals surface area (Å²) in [6, 6.07) is 3.75. The van der Waals surface area contributed by atoms with Gasteiger partial charge in [-0.3, -0.25) is 9.20 Å². The molecule has 0 saturated heterocycles. The SMILES string of the molecule is CN(C)C=CC(=O)c1cnc2ccc(Br)cn12. The van der Waals surface area contributed by atoms with Gasteiger partial charge in [-0.25, -0.2) is 4.98 Å². The van der Waals surface area contributed by atoms with Crippen LogP contribution in [0.2, 0.25) is 0 Å². The zero-order valence-corrected chi connectivity index (χ0v) is 11.2. The van der Waals surface area contributed by atoms with E-state index in [0.717, 1.165) is 10.1 Å². The van der Waals surface area contributed by atoms with Gasteiger partial charge in [-0.15, -0.1) is 0 Å². The number of aromatic nitrogens is 2. The molecule has 0 atom stereocenters. The van der Waals surface area contributed by atoms with Crippen molar-refractivity contribution in [2.24, 2.45) is 0 Å². The number of carbonyl (C=O) groups is 1. The van der Waals surface area contributed by atoms with Crippen molar-refractivity contribution in [2.45, 2.75) is 0 Å². The molecule has 2 aromatic rings. The average molecular weight is 294 g/mol. The Morgan fingerprint density at radius 1 is 1.47 bits per heavy atom. The maximum atomic E-state index is 11.9. The lowest BCUT2D eigenvalue weighted by atomic mass is 10.3. The number of carbonyl (C=O) groups excluding carboxylic acids is 1. The molecule has 0 aromatic carbocycles. The molecule has 0 spiro atoms. The van der Waals surface area contributed by atoms with Crippen LogP contribution in [0.4, 0.5) is 0 Å². The number of hydrogen-bond donors (Lipinski definition) is 0. The van der Waals surface area contributed by atoms with Crippen molar-refractivity contribution in [3.05, 3.63) is 47.0 Å². The fourth-order valence-electron chi connectivity index (χ4n) is 1.44. The van der Waals surface area contributed by atoms with E-state index in [1.54, 1.807) is 16.8 Å². The summed E-state index contributed by atoms with van der Waals surface area (Å²) in [7, 11) is 3.74. The lowest BCUT2D eigenvalue weighted by Gasteiger charge is -2.03. The lowest BCUT2D eigenvalue weighted by molar-refractivity contribution is 0.104. The van der Waals surface area contributed by atoms with Crippen LogP contribution in [0, 0.1) is 0 Å². The zero-order valence-electron chi connectivity index (χ0n) is 9.59. The summed E-state index contributed by atoms with van der Waals surface area (Å²) in [5, 5.41) is 0. The van der Waals surface area contributed by atoms with Gasteiger partial charge < -0.3 is 4.90 Å². The first-order valence-corrected chi connectivity index (χ1v) is 5.89. The normalized spacial score (nSPS) is 11.2. The minimum atomic E-state index is -0.0655. The highest BCUT2D eigenvalue weighted by molar-refractivity contribution is 9.10. The standard InChI is InChI=1S/C12H12BrN3O/c1-15(2)6-5-11(17)10-7-14-12-4-3-9(13)8-16(10)12/h3-8H,1-2H3. The van der Waals surface area contributed by atoms with Crippen LogP contribution in [0.3, 0.4) is 0 Å². The summed E-state index contributed by atoms with van der Waals surface area (Å²) in [6.45, 7) is 0. The van der Waals surface area contributed by atoms with E-state index in [1.807, 2.05) is 37.3 Å². The Morgan fingerprint density at radius 2 is 2.24 bits per heavy atom. The van der Waals surface area contributed by atoms with Crippen LogP contribution in [-0.2, 0) is 0 Å². The lowest BCUT2D eigenvalue weighted by Crippen LogP contribution is -2.04. The summed E-state index contributed by atoms with van der Waals surface area (Å²) >= 11 is 3.38. The van der Waals surface area contributed by atoms with Gasteiger partial charge in [0.2, 0.25) is 5.78 Å². The summed E-state index contributed by atoms with van der Waals surface area (Å²) in [6.07, 6.45) is 6.67. The van der Waals surface area contributed by atoms with Gasteiger partial charge >= 0.3 is 0 Å². The third kappa shape index (κ3) is 2.55. The number of rotatable bonds is 3. The fourth-order valence-corrected chi connectivity index (χ4v) is 1.78. The van der Waals surface area contributed by atoms with Crippen molar-refractivity contribution in [1.82, 2.24) is 14.3 Å². The molecule has 2 rings (SSSR count). The molecule has 4 nitrogen and oxygen atoms in total. The molecule has 0 saturated carbocycles. The Labute approximate surface area is 108 Å². The molecule has 0 bridgehead atoms. The van der Waals surface area contributed by atoms with E-state index in [-0.39, 0.29) is 5.78 Å². The van der Waals surface area contributed by atoms with E-state index < -0.39 is 0 Å². The van der Waals surface area contributed by atoms with Crippen LogP contribution < -0.4 is 0 Å². The Bertz CT molecular complexity index is 586. The van der Waals surface area contributed by atoms with E-state index >= 15 is 0 Å². The van der Waals surface area contributed by atoms with Crippen molar-refractivity contribution < 1.29 is 4.79 Å². The van der Waals surface area contributed by atoms with Gasteiger partial charge in [-0.2, -0.15) is 0 Å². The van der Waals surface area contributed by atoms with Crippen LogP contribution in [-0.4, -0.2) is 34.2 Å². The maximum absolute atomic E-state index is 11.9. The van der Waals surface area contributed by atoms with Gasteiger partial charge in [-0.1, -0.05) is 0 Å². The first kappa shape index (κ1) is 11.9. The van der Waals surface area contributed by atoms with Gasteiger partial charge in [0.05, 0.1) is 6.20 Å². The van der Waals surface area contributed by atoms with Crippen molar-refractivity contribution in [1.29, 1.82) is 0 Å². The van der Waals surface area contributed by atoms with Crippen molar-refractivity contribution in [2.75, 3.05) is 14.1 Å². The minimum absolute atomic E-state index is 0.0655. The molecule has 0 aliphatic rings. The first-order chi connectivity index (χ1) is 8.08. The molecule has 2 aromatic heterocycles. The monoisotopic (exact) mass is 293 g/mol. The number of fused-ring (bicyclic) bond motifs is 1. The van der Waals surface area contributed by atoms with E-state index in [0.29, 0.717) is 5.69 Å². The van der Waals surface area contributed by atoms with E-state index in [2.05, 4.69) is 20.9 Å². The number of allylic oxidation sites excluding steroid dienone is 1. The average Bonchev–Trinajstić information content (AvgIpc) is 2.68. The Morgan fingerprint density at radius 3 is 2.94 bits per heavy atom. The van der Waals surface area contributed by atoms with Gasteiger partial charge in [0.1, 0.15) is 11.3 Å². The predicted molar refractivity (Wildman–Crippen MR) is 70.0 cm³/mol. The van der Waals surface area contributed by atoms with Gasteiger partial charge in [-0.05, 0) is 28.1 Å². The maximum Gasteiger partial charge on any atom is 0.205 e. The van der Waals surface area contributed by atoms with Crippen LogP contribution in [0.15, 0.2) is 41.3 Å². The van der Waals surface area contributed by atoms with Crippen LogP contribution in [0.1, 0.15) is 10.5 Å². The molecule has 88 valence electrons. The largest absolute Gasteiger partial charge is 0.383 e. The molecule has 0 aliphatic carbocycles. The second-order valence-corrected chi connectivity index (χ2v) is 4.78. The molecule has 5 heteroatoms. The highest BCUT2D eigenvalue weighted by Crippen LogP contribution is 2.14. The minimum Gasteiger partial charge on any atom is -0.383 e. The zero-order chi connectivity index (χ0) is 12.4. The summed E-state index contributed by atoms with van der Waals surface area (Å²) in [5.41, 5.74) is 1.31. The molecular formula is C12H12BrN3O. The second kappa shape index (κ2) is 4.71.